The third-order valence-corrected chi connectivity index (χ3v) is 3.79. The largest absolute Gasteiger partial charge is 0.482 e. The van der Waals surface area contributed by atoms with E-state index in [2.05, 4.69) is 19.2 Å². The number of carbonyl (C=O) groups is 2. The average Bonchev–Trinajstić information content (AvgIpc) is 2.61. The van der Waals surface area contributed by atoms with Gasteiger partial charge in [-0.1, -0.05) is 19.9 Å². The van der Waals surface area contributed by atoms with Gasteiger partial charge in [-0.15, -0.1) is 0 Å². The molecule has 0 aliphatic rings. The number of hydrogen-bond donors (Lipinski definition) is 1. The van der Waals surface area contributed by atoms with E-state index < -0.39 is 30.1 Å². The van der Waals surface area contributed by atoms with Gasteiger partial charge in [0.15, 0.2) is 24.8 Å². The molecule has 2 aromatic rings. The van der Waals surface area contributed by atoms with E-state index in [9.17, 15) is 18.4 Å². The Kier molecular flexibility index (Phi) is 6.87. The number of rotatable bonds is 7. The molecule has 27 heavy (non-hydrogen) atoms. The second-order valence-corrected chi connectivity index (χ2v) is 6.30. The number of esters is 1. The molecule has 5 nitrogen and oxygen atoms in total. The van der Waals surface area contributed by atoms with Crippen LogP contribution in [0.1, 0.15) is 30.9 Å². The zero-order valence-electron chi connectivity index (χ0n) is 15.3. The van der Waals surface area contributed by atoms with Gasteiger partial charge in [-0.2, -0.15) is 0 Å². The molecule has 0 saturated heterocycles. The van der Waals surface area contributed by atoms with Crippen LogP contribution in [0.15, 0.2) is 36.4 Å². The number of amides is 1. The molecule has 0 unspecified atom stereocenters. The van der Waals surface area contributed by atoms with Gasteiger partial charge >= 0.3 is 5.97 Å². The highest BCUT2D eigenvalue weighted by atomic mass is 19.2. The van der Waals surface area contributed by atoms with Crippen molar-refractivity contribution < 1.29 is 27.8 Å². The molecule has 0 aromatic heterocycles. The van der Waals surface area contributed by atoms with Gasteiger partial charge in [-0.25, -0.2) is 13.6 Å². The summed E-state index contributed by atoms with van der Waals surface area (Å²) in [7, 11) is 0. The Morgan fingerprint density at radius 2 is 1.78 bits per heavy atom. The fourth-order valence-electron chi connectivity index (χ4n) is 2.49. The fraction of sp³-hybridized carbons (Fsp3) is 0.300. The normalized spacial score (nSPS) is 10.6. The van der Waals surface area contributed by atoms with Gasteiger partial charge < -0.3 is 14.8 Å². The predicted molar refractivity (Wildman–Crippen MR) is 96.7 cm³/mol. The van der Waals surface area contributed by atoms with E-state index in [1.165, 1.54) is 11.6 Å². The summed E-state index contributed by atoms with van der Waals surface area (Å²) in [5.74, 6) is -2.59. The fourth-order valence-corrected chi connectivity index (χ4v) is 2.49. The van der Waals surface area contributed by atoms with Crippen LogP contribution in [0, 0.1) is 18.6 Å². The maximum absolute atomic E-state index is 13.1. The molecule has 0 heterocycles. The van der Waals surface area contributed by atoms with Gasteiger partial charge in [-0.05, 0) is 48.2 Å². The van der Waals surface area contributed by atoms with Gasteiger partial charge in [-0.3, -0.25) is 4.79 Å². The van der Waals surface area contributed by atoms with Crippen molar-refractivity contribution >= 4 is 17.6 Å². The van der Waals surface area contributed by atoms with Crippen molar-refractivity contribution in [1.29, 1.82) is 0 Å². The summed E-state index contributed by atoms with van der Waals surface area (Å²) < 4.78 is 36.1. The Morgan fingerprint density at radius 1 is 1.04 bits per heavy atom. The molecule has 1 amide bonds. The highest BCUT2D eigenvalue weighted by Crippen LogP contribution is 2.23. The molecule has 0 aliphatic carbocycles. The molecular weight excluding hydrogens is 356 g/mol. The lowest BCUT2D eigenvalue weighted by Crippen LogP contribution is -2.23. The molecule has 2 rings (SSSR count). The van der Waals surface area contributed by atoms with Crippen molar-refractivity contribution in [2.75, 3.05) is 18.5 Å². The number of hydrogen-bond acceptors (Lipinski definition) is 4. The smallest absolute Gasteiger partial charge is 0.344 e. The lowest BCUT2D eigenvalue weighted by Gasteiger charge is -2.12. The van der Waals surface area contributed by atoms with Crippen molar-refractivity contribution in [1.82, 2.24) is 0 Å². The van der Waals surface area contributed by atoms with Crippen LogP contribution >= 0.6 is 0 Å². The molecule has 144 valence electrons. The summed E-state index contributed by atoms with van der Waals surface area (Å²) in [6, 6.07) is 8.46. The Morgan fingerprint density at radius 3 is 2.41 bits per heavy atom. The van der Waals surface area contributed by atoms with E-state index in [0.29, 0.717) is 11.7 Å². The summed E-state index contributed by atoms with van der Waals surface area (Å²) >= 11 is 0. The van der Waals surface area contributed by atoms with Gasteiger partial charge in [0.1, 0.15) is 5.75 Å². The van der Waals surface area contributed by atoms with Crippen LogP contribution in [0.3, 0.4) is 0 Å². The van der Waals surface area contributed by atoms with E-state index in [1.54, 1.807) is 6.07 Å². The minimum absolute atomic E-state index is 0.0620. The molecule has 2 aromatic carbocycles. The van der Waals surface area contributed by atoms with Gasteiger partial charge in [0.05, 0.1) is 0 Å². The van der Waals surface area contributed by atoms with Crippen LogP contribution in [0.4, 0.5) is 14.5 Å². The first-order valence-electron chi connectivity index (χ1n) is 8.40. The van der Waals surface area contributed by atoms with Crippen LogP contribution in [-0.2, 0) is 14.3 Å². The summed E-state index contributed by atoms with van der Waals surface area (Å²) in [5, 5.41) is 2.30. The third-order valence-electron chi connectivity index (χ3n) is 3.79. The molecule has 0 fully saturated rings. The van der Waals surface area contributed by atoms with Crippen molar-refractivity contribution in [2.45, 2.75) is 26.7 Å². The van der Waals surface area contributed by atoms with Gasteiger partial charge in [0.2, 0.25) is 0 Å². The molecule has 0 bridgehead atoms. The van der Waals surface area contributed by atoms with E-state index in [0.717, 1.165) is 17.7 Å². The maximum atomic E-state index is 13.1. The first-order chi connectivity index (χ1) is 12.8. The van der Waals surface area contributed by atoms with Gasteiger partial charge in [0, 0.05) is 11.8 Å². The van der Waals surface area contributed by atoms with Crippen molar-refractivity contribution in [3.8, 4) is 5.75 Å². The van der Waals surface area contributed by atoms with Crippen LogP contribution in [0.25, 0.3) is 0 Å². The monoisotopic (exact) mass is 377 g/mol. The molecule has 0 spiro atoms. The van der Waals surface area contributed by atoms with E-state index in [4.69, 9.17) is 9.47 Å². The highest BCUT2D eigenvalue weighted by Gasteiger charge is 2.11. The van der Waals surface area contributed by atoms with E-state index in [1.807, 2.05) is 19.1 Å². The second-order valence-electron chi connectivity index (χ2n) is 6.30. The number of aryl methyl sites for hydroxylation is 1. The first-order valence-corrected chi connectivity index (χ1v) is 8.40. The van der Waals surface area contributed by atoms with Crippen LogP contribution in [0.2, 0.25) is 0 Å². The van der Waals surface area contributed by atoms with Crippen molar-refractivity contribution in [2.24, 2.45) is 0 Å². The lowest BCUT2D eigenvalue weighted by atomic mass is 9.98. The summed E-state index contributed by atoms with van der Waals surface area (Å²) in [4.78, 5) is 23.4. The number of benzene rings is 2. The molecule has 0 saturated carbocycles. The number of carbonyl (C=O) groups excluding carboxylic acids is 2. The minimum atomic E-state index is -1.09. The molecule has 0 radical (unpaired) electrons. The Bertz CT molecular complexity index is 837. The molecular formula is C20H21F2NO4. The quantitative estimate of drug-likeness (QED) is 0.742. The number of nitrogens with one attached hydrogen (secondary N) is 1. The second kappa shape index (κ2) is 9.12. The Balaban J connectivity index is 1.78. The highest BCUT2D eigenvalue weighted by molar-refractivity contribution is 5.92. The van der Waals surface area contributed by atoms with Crippen LogP contribution in [0.5, 0.6) is 5.75 Å². The summed E-state index contributed by atoms with van der Waals surface area (Å²) in [6.45, 7) is 5.23. The van der Waals surface area contributed by atoms with E-state index in [-0.39, 0.29) is 12.3 Å². The number of halogens is 2. The average molecular weight is 377 g/mol. The predicted octanol–water partition coefficient (Wildman–Crippen LogP) is 3.96. The summed E-state index contributed by atoms with van der Waals surface area (Å²) in [6.07, 6.45) is 0. The van der Waals surface area contributed by atoms with Crippen molar-refractivity contribution in [3.05, 3.63) is 59.2 Å². The number of anilines is 1. The van der Waals surface area contributed by atoms with Crippen LogP contribution in [-0.4, -0.2) is 25.1 Å². The minimum Gasteiger partial charge on any atom is -0.482 e. The number of ether oxygens (including phenoxy) is 2. The SMILES string of the molecule is Cc1cc(OCC(=O)OCC(=O)Nc2ccc(F)c(F)c2)ccc1C(C)C. The zero-order chi connectivity index (χ0) is 20.0. The molecule has 7 heteroatoms. The van der Waals surface area contributed by atoms with Crippen molar-refractivity contribution in [3.63, 3.8) is 0 Å². The summed E-state index contributed by atoms with van der Waals surface area (Å²) in [5.41, 5.74) is 2.31. The standard InChI is InChI=1S/C20H21F2NO4/c1-12(2)16-6-5-15(8-13(16)3)26-11-20(25)27-10-19(24)23-14-4-7-17(21)18(22)9-14/h4-9,12H,10-11H2,1-3H3,(H,23,24). The van der Waals surface area contributed by atoms with E-state index >= 15 is 0 Å². The zero-order valence-corrected chi connectivity index (χ0v) is 15.3. The third kappa shape index (κ3) is 6.06. The Hall–Kier alpha value is -2.96. The lowest BCUT2D eigenvalue weighted by molar-refractivity contribution is -0.149. The maximum Gasteiger partial charge on any atom is 0.344 e. The Labute approximate surface area is 156 Å². The molecule has 0 aliphatic heterocycles. The topological polar surface area (TPSA) is 64.6 Å². The first kappa shape index (κ1) is 20.4. The van der Waals surface area contributed by atoms with Gasteiger partial charge in [0.25, 0.3) is 5.91 Å². The molecule has 1 N–H and O–H groups in total. The van der Waals surface area contributed by atoms with Crippen LogP contribution < -0.4 is 10.1 Å². The molecule has 0 atom stereocenters.